The van der Waals surface area contributed by atoms with Gasteiger partial charge in [-0.1, -0.05) is 18.2 Å². The summed E-state index contributed by atoms with van der Waals surface area (Å²) in [5, 5.41) is 3.04. The van der Waals surface area contributed by atoms with E-state index in [1.54, 1.807) is 0 Å². The third-order valence-corrected chi connectivity index (χ3v) is 7.14. The number of imidazole rings is 1. The number of anilines is 3. The molecule has 1 aliphatic rings. The molecule has 2 heterocycles. The van der Waals surface area contributed by atoms with Gasteiger partial charge >= 0.3 is 0 Å². The summed E-state index contributed by atoms with van der Waals surface area (Å²) in [5.74, 6) is 0.637. The first-order valence-corrected chi connectivity index (χ1v) is 13.3. The molecule has 3 aromatic carbocycles. The maximum Gasteiger partial charge on any atom is 0.255 e. The molecule has 1 amide bonds. The Bertz CT molecular complexity index is 1370. The lowest BCUT2D eigenvalue weighted by Crippen LogP contribution is -2.36. The Morgan fingerprint density at radius 2 is 1.71 bits per heavy atom. The molecule has 0 saturated carbocycles. The van der Waals surface area contributed by atoms with Crippen molar-refractivity contribution in [3.63, 3.8) is 0 Å². The van der Waals surface area contributed by atoms with Crippen molar-refractivity contribution in [1.29, 1.82) is 0 Å². The van der Waals surface area contributed by atoms with Gasteiger partial charge < -0.3 is 24.8 Å². The van der Waals surface area contributed by atoms with Gasteiger partial charge in [0, 0.05) is 54.4 Å². The number of aromatic nitrogens is 2. The van der Waals surface area contributed by atoms with E-state index in [0.29, 0.717) is 5.56 Å². The van der Waals surface area contributed by atoms with Crippen LogP contribution >= 0.6 is 0 Å². The van der Waals surface area contributed by atoms with Gasteiger partial charge in [-0.25, -0.2) is 4.98 Å². The first-order chi connectivity index (χ1) is 18.6. The number of benzene rings is 3. The van der Waals surface area contributed by atoms with Gasteiger partial charge in [0.05, 0.1) is 25.1 Å². The van der Waals surface area contributed by atoms with Crippen LogP contribution in [0.1, 0.15) is 29.8 Å². The van der Waals surface area contributed by atoms with Crippen LogP contribution < -0.4 is 15.1 Å². The molecule has 0 radical (unpaired) electrons. The molecule has 5 rings (SSSR count). The number of morpholine rings is 1. The molecule has 4 aromatic rings. The van der Waals surface area contributed by atoms with Crippen LogP contribution in [0, 0.1) is 6.92 Å². The number of hydrogen-bond acceptors (Lipinski definition) is 5. The van der Waals surface area contributed by atoms with Crippen molar-refractivity contribution in [2.24, 2.45) is 0 Å². The lowest BCUT2D eigenvalue weighted by Gasteiger charge is -2.28. The molecule has 7 heteroatoms. The van der Waals surface area contributed by atoms with Gasteiger partial charge in [-0.15, -0.1) is 0 Å². The second-order valence-corrected chi connectivity index (χ2v) is 9.49. The van der Waals surface area contributed by atoms with Gasteiger partial charge in [-0.2, -0.15) is 0 Å². The van der Waals surface area contributed by atoms with Crippen LogP contribution in [0.3, 0.4) is 0 Å². The maximum atomic E-state index is 13.0. The van der Waals surface area contributed by atoms with Gasteiger partial charge in [-0.3, -0.25) is 4.79 Å². The van der Waals surface area contributed by atoms with E-state index in [9.17, 15) is 4.79 Å². The molecule has 7 nitrogen and oxygen atoms in total. The summed E-state index contributed by atoms with van der Waals surface area (Å²) in [7, 11) is 0. The predicted molar refractivity (Wildman–Crippen MR) is 155 cm³/mol. The number of aryl methyl sites for hydroxylation is 1. The smallest absolute Gasteiger partial charge is 0.255 e. The number of nitrogens with one attached hydrogen (secondary N) is 2. The van der Waals surface area contributed by atoms with E-state index in [-0.39, 0.29) is 5.91 Å². The van der Waals surface area contributed by atoms with Gasteiger partial charge in [0.15, 0.2) is 0 Å². The molecule has 1 aromatic heterocycles. The van der Waals surface area contributed by atoms with E-state index in [2.05, 4.69) is 63.2 Å². The fraction of sp³-hybridized carbons (Fsp3) is 0.290. The Hall–Kier alpha value is -4.10. The number of hydrogen-bond donors (Lipinski definition) is 2. The van der Waals surface area contributed by atoms with Crippen LogP contribution in [0.2, 0.25) is 0 Å². The van der Waals surface area contributed by atoms with Crippen LogP contribution in [0.5, 0.6) is 0 Å². The van der Waals surface area contributed by atoms with Crippen molar-refractivity contribution in [1.82, 2.24) is 9.97 Å². The zero-order chi connectivity index (χ0) is 26.5. The summed E-state index contributed by atoms with van der Waals surface area (Å²) >= 11 is 0. The minimum absolute atomic E-state index is 0.137. The molecule has 196 valence electrons. The fourth-order valence-electron chi connectivity index (χ4n) is 4.85. The minimum atomic E-state index is -0.137. The van der Waals surface area contributed by atoms with E-state index < -0.39 is 0 Å². The Balaban J connectivity index is 1.30. The maximum absolute atomic E-state index is 13.0. The van der Waals surface area contributed by atoms with Gasteiger partial charge in [0.2, 0.25) is 0 Å². The minimum Gasteiger partial charge on any atom is -0.378 e. The largest absolute Gasteiger partial charge is 0.378 e. The summed E-state index contributed by atoms with van der Waals surface area (Å²) in [5.41, 5.74) is 7.76. The predicted octanol–water partition coefficient (Wildman–Crippen LogP) is 5.99. The van der Waals surface area contributed by atoms with Crippen molar-refractivity contribution >= 4 is 23.0 Å². The molecule has 0 atom stereocenters. The fourth-order valence-corrected chi connectivity index (χ4v) is 4.85. The Morgan fingerprint density at radius 3 is 2.39 bits per heavy atom. The van der Waals surface area contributed by atoms with Gasteiger partial charge in [-0.05, 0) is 80.4 Å². The highest BCUT2D eigenvalue weighted by Gasteiger charge is 2.14. The second kappa shape index (κ2) is 11.5. The van der Waals surface area contributed by atoms with E-state index >= 15 is 0 Å². The SMILES string of the molecule is CCN(CC)c1ccc(-c2cnc(-c3cc(NC(=O)c4ccc(N5CCOCC5)cc4)ccc3C)[nH]2)cc1. The van der Waals surface area contributed by atoms with Crippen molar-refractivity contribution in [2.45, 2.75) is 20.8 Å². The molecule has 0 bridgehead atoms. The number of amides is 1. The van der Waals surface area contributed by atoms with Gasteiger partial charge in [0.25, 0.3) is 5.91 Å². The monoisotopic (exact) mass is 509 g/mol. The number of H-pyrrole nitrogens is 1. The highest BCUT2D eigenvalue weighted by molar-refractivity contribution is 6.04. The zero-order valence-electron chi connectivity index (χ0n) is 22.3. The summed E-state index contributed by atoms with van der Waals surface area (Å²) in [4.78, 5) is 25.7. The molecule has 0 unspecified atom stereocenters. The van der Waals surface area contributed by atoms with Crippen LogP contribution in [0.4, 0.5) is 17.1 Å². The third-order valence-electron chi connectivity index (χ3n) is 7.14. The van der Waals surface area contributed by atoms with Gasteiger partial charge in [0.1, 0.15) is 5.82 Å². The highest BCUT2D eigenvalue weighted by atomic mass is 16.5. The molecule has 1 aliphatic heterocycles. The van der Waals surface area contributed by atoms with E-state index in [1.807, 2.05) is 55.6 Å². The van der Waals surface area contributed by atoms with Crippen LogP contribution in [0.25, 0.3) is 22.6 Å². The number of rotatable bonds is 8. The van der Waals surface area contributed by atoms with E-state index in [1.165, 1.54) is 5.69 Å². The van der Waals surface area contributed by atoms with Crippen molar-refractivity contribution in [2.75, 3.05) is 54.5 Å². The molecule has 1 saturated heterocycles. The van der Waals surface area contributed by atoms with Crippen molar-refractivity contribution < 1.29 is 9.53 Å². The third kappa shape index (κ3) is 5.58. The Labute approximate surface area is 224 Å². The number of nitrogens with zero attached hydrogens (tertiary/aromatic N) is 3. The van der Waals surface area contributed by atoms with E-state index in [4.69, 9.17) is 4.74 Å². The molecular weight excluding hydrogens is 474 g/mol. The Kier molecular flexibility index (Phi) is 7.75. The normalized spacial score (nSPS) is 13.4. The summed E-state index contributed by atoms with van der Waals surface area (Å²) in [6.45, 7) is 11.6. The second-order valence-electron chi connectivity index (χ2n) is 9.49. The zero-order valence-corrected chi connectivity index (χ0v) is 22.3. The average molecular weight is 510 g/mol. The lowest BCUT2D eigenvalue weighted by atomic mass is 10.1. The van der Waals surface area contributed by atoms with Crippen LogP contribution in [0.15, 0.2) is 72.9 Å². The summed E-state index contributed by atoms with van der Waals surface area (Å²) < 4.78 is 5.43. The van der Waals surface area contributed by atoms with Crippen LogP contribution in [-0.4, -0.2) is 55.3 Å². The number of carbonyl (C=O) groups is 1. The summed E-state index contributed by atoms with van der Waals surface area (Å²) in [6.07, 6.45) is 1.86. The average Bonchev–Trinajstić information content (AvgIpc) is 3.46. The number of ether oxygens (including phenoxy) is 1. The molecule has 0 aliphatic carbocycles. The van der Waals surface area contributed by atoms with Crippen molar-refractivity contribution in [3.05, 3.63) is 84.1 Å². The molecule has 38 heavy (non-hydrogen) atoms. The number of aromatic amines is 1. The van der Waals surface area contributed by atoms with Crippen LogP contribution in [-0.2, 0) is 4.74 Å². The lowest BCUT2D eigenvalue weighted by molar-refractivity contribution is 0.102. The topological polar surface area (TPSA) is 73.5 Å². The van der Waals surface area contributed by atoms with E-state index in [0.717, 1.165) is 79.0 Å². The molecule has 1 fully saturated rings. The molecular formula is C31H35N5O2. The first kappa shape index (κ1) is 25.5. The summed E-state index contributed by atoms with van der Waals surface area (Å²) in [6, 6.07) is 22.2. The quantitative estimate of drug-likeness (QED) is 0.305. The molecule has 0 spiro atoms. The standard InChI is InChI=1S/C31H35N5O2/c1-4-35(5-2)26-12-7-23(8-13-26)29-21-32-30(34-29)28-20-25(11-6-22(28)3)33-31(37)24-9-14-27(15-10-24)36-16-18-38-19-17-36/h6-15,20-21H,4-5,16-19H2,1-3H3,(H,32,34)(H,33,37). The number of carbonyl (C=O) groups excluding carboxylic acids is 1. The molecule has 2 N–H and O–H groups in total. The first-order valence-electron chi connectivity index (χ1n) is 13.3. The Morgan fingerprint density at radius 1 is 1.00 bits per heavy atom. The highest BCUT2D eigenvalue weighted by Crippen LogP contribution is 2.28. The van der Waals surface area contributed by atoms with Crippen molar-refractivity contribution in [3.8, 4) is 22.6 Å².